The number of esters is 1. The predicted molar refractivity (Wildman–Crippen MR) is 69.9 cm³/mol. The predicted octanol–water partition coefficient (Wildman–Crippen LogP) is 3.14. The van der Waals surface area contributed by atoms with E-state index in [1.807, 2.05) is 13.0 Å². The lowest BCUT2D eigenvalue weighted by molar-refractivity contribution is 0.0103. The number of aryl methyl sites for hydroxylation is 2. The van der Waals surface area contributed by atoms with Gasteiger partial charge in [-0.3, -0.25) is 0 Å². The monoisotopic (exact) mass is 248 g/mol. The van der Waals surface area contributed by atoms with E-state index >= 15 is 0 Å². The first-order valence-electron chi connectivity index (χ1n) is 6.48. The molecule has 1 aliphatic rings. The number of hydrogen-bond acceptors (Lipinski definition) is 3. The molecule has 1 aliphatic heterocycles. The Labute approximate surface area is 108 Å². The largest absolute Gasteiger partial charge is 0.507 e. The normalized spacial score (nSPS) is 20.2. The van der Waals surface area contributed by atoms with E-state index < -0.39 is 0 Å². The number of carbonyl (C=O) groups excluding carboxylic acids is 1. The maximum Gasteiger partial charge on any atom is 0.342 e. The molecule has 2 rings (SSSR count). The number of aromatic hydroxyl groups is 1. The van der Waals surface area contributed by atoms with Gasteiger partial charge < -0.3 is 9.84 Å². The minimum Gasteiger partial charge on any atom is -0.507 e. The Kier molecular flexibility index (Phi) is 3.33. The van der Waals surface area contributed by atoms with Crippen molar-refractivity contribution in [2.75, 3.05) is 0 Å². The van der Waals surface area contributed by atoms with E-state index in [1.54, 1.807) is 6.92 Å². The highest BCUT2D eigenvalue weighted by molar-refractivity contribution is 5.96. The molecule has 98 valence electrons. The molecule has 3 heteroatoms. The summed E-state index contributed by atoms with van der Waals surface area (Å²) in [6.45, 7) is 7.97. The van der Waals surface area contributed by atoms with Crippen LogP contribution in [0.4, 0.5) is 0 Å². The standard InChI is InChI=1S/C15H20O3/c1-5-8(2)12-7-11-9(3)6-10(4)14(16)13(11)15(17)18-12/h6,8,12,16H,5,7H2,1-4H3/t8-,12-/m0/s1. The van der Waals surface area contributed by atoms with Gasteiger partial charge in [0, 0.05) is 6.42 Å². The van der Waals surface area contributed by atoms with Gasteiger partial charge >= 0.3 is 5.97 Å². The van der Waals surface area contributed by atoms with E-state index in [0.717, 1.165) is 23.1 Å². The van der Waals surface area contributed by atoms with Crippen molar-refractivity contribution in [2.45, 2.75) is 46.6 Å². The zero-order valence-electron chi connectivity index (χ0n) is 11.4. The van der Waals surface area contributed by atoms with Crippen LogP contribution in [0.1, 0.15) is 47.3 Å². The van der Waals surface area contributed by atoms with Crippen molar-refractivity contribution >= 4 is 5.97 Å². The average molecular weight is 248 g/mol. The second kappa shape index (κ2) is 4.63. The Balaban J connectivity index is 2.49. The van der Waals surface area contributed by atoms with E-state index in [0.29, 0.717) is 17.9 Å². The molecule has 1 aromatic carbocycles. The molecule has 0 amide bonds. The van der Waals surface area contributed by atoms with Crippen molar-refractivity contribution in [2.24, 2.45) is 5.92 Å². The molecule has 3 nitrogen and oxygen atoms in total. The SMILES string of the molecule is CC[C@H](C)[C@@H]1Cc2c(C)cc(C)c(O)c2C(=O)O1. The van der Waals surface area contributed by atoms with Gasteiger partial charge in [-0.2, -0.15) is 0 Å². The number of hydrogen-bond donors (Lipinski definition) is 1. The van der Waals surface area contributed by atoms with Crippen LogP contribution in [0.15, 0.2) is 6.07 Å². The quantitative estimate of drug-likeness (QED) is 0.818. The zero-order chi connectivity index (χ0) is 13.4. The van der Waals surface area contributed by atoms with Crippen molar-refractivity contribution in [1.29, 1.82) is 0 Å². The second-order valence-corrected chi connectivity index (χ2v) is 5.25. The van der Waals surface area contributed by atoms with E-state index in [9.17, 15) is 9.90 Å². The minimum absolute atomic E-state index is 0.0724. The summed E-state index contributed by atoms with van der Waals surface area (Å²) in [5, 5.41) is 10.0. The fourth-order valence-electron chi connectivity index (χ4n) is 2.52. The third-order valence-corrected chi connectivity index (χ3v) is 3.97. The van der Waals surface area contributed by atoms with Gasteiger partial charge in [0.15, 0.2) is 0 Å². The summed E-state index contributed by atoms with van der Waals surface area (Å²) in [5.41, 5.74) is 3.10. The number of benzene rings is 1. The summed E-state index contributed by atoms with van der Waals surface area (Å²) in [5.74, 6) is 0.0268. The van der Waals surface area contributed by atoms with Crippen molar-refractivity contribution in [3.05, 3.63) is 28.3 Å². The summed E-state index contributed by atoms with van der Waals surface area (Å²) in [6, 6.07) is 1.93. The van der Waals surface area contributed by atoms with Crippen LogP contribution in [0.25, 0.3) is 0 Å². The lowest BCUT2D eigenvalue weighted by Crippen LogP contribution is -2.33. The minimum atomic E-state index is -0.383. The Morgan fingerprint density at radius 1 is 1.44 bits per heavy atom. The molecule has 0 aliphatic carbocycles. The third-order valence-electron chi connectivity index (χ3n) is 3.97. The molecule has 18 heavy (non-hydrogen) atoms. The molecule has 0 spiro atoms. The van der Waals surface area contributed by atoms with E-state index in [1.165, 1.54) is 0 Å². The van der Waals surface area contributed by atoms with Crippen LogP contribution < -0.4 is 0 Å². The molecule has 1 aromatic rings. The van der Waals surface area contributed by atoms with Crippen molar-refractivity contribution in [3.63, 3.8) is 0 Å². The maximum atomic E-state index is 12.1. The highest BCUT2D eigenvalue weighted by Gasteiger charge is 2.33. The third kappa shape index (κ3) is 1.98. The summed E-state index contributed by atoms with van der Waals surface area (Å²) in [6.07, 6.45) is 1.61. The Morgan fingerprint density at radius 2 is 2.11 bits per heavy atom. The first kappa shape index (κ1) is 12.9. The molecule has 0 bridgehead atoms. The topological polar surface area (TPSA) is 46.5 Å². The molecule has 0 saturated heterocycles. The highest BCUT2D eigenvalue weighted by atomic mass is 16.5. The maximum absolute atomic E-state index is 12.1. The summed E-state index contributed by atoms with van der Waals surface area (Å²) in [7, 11) is 0. The smallest absolute Gasteiger partial charge is 0.342 e. The van der Waals surface area contributed by atoms with Crippen LogP contribution >= 0.6 is 0 Å². The molecule has 0 aromatic heterocycles. The van der Waals surface area contributed by atoms with Crippen LogP contribution in [0.3, 0.4) is 0 Å². The fourth-order valence-corrected chi connectivity index (χ4v) is 2.52. The van der Waals surface area contributed by atoms with Gasteiger partial charge in [-0.15, -0.1) is 0 Å². The highest BCUT2D eigenvalue weighted by Crippen LogP contribution is 2.35. The lowest BCUT2D eigenvalue weighted by atomic mass is 9.87. The van der Waals surface area contributed by atoms with E-state index in [2.05, 4.69) is 13.8 Å². The Hall–Kier alpha value is -1.51. The molecule has 0 fully saturated rings. The number of ether oxygens (including phenoxy) is 1. The number of fused-ring (bicyclic) bond motifs is 1. The second-order valence-electron chi connectivity index (χ2n) is 5.25. The van der Waals surface area contributed by atoms with Gasteiger partial charge in [0.25, 0.3) is 0 Å². The van der Waals surface area contributed by atoms with Gasteiger partial charge in [0.2, 0.25) is 0 Å². The van der Waals surface area contributed by atoms with Crippen LogP contribution in [0.2, 0.25) is 0 Å². The van der Waals surface area contributed by atoms with Gasteiger partial charge in [-0.25, -0.2) is 4.79 Å². The van der Waals surface area contributed by atoms with Crippen molar-refractivity contribution < 1.29 is 14.6 Å². The van der Waals surface area contributed by atoms with Crippen molar-refractivity contribution in [1.82, 2.24) is 0 Å². The Morgan fingerprint density at radius 3 is 2.72 bits per heavy atom. The number of rotatable bonds is 2. The summed E-state index contributed by atoms with van der Waals surface area (Å²) in [4.78, 5) is 12.1. The molecule has 1 heterocycles. The number of cyclic esters (lactones) is 1. The van der Waals surface area contributed by atoms with Gasteiger partial charge in [-0.05, 0) is 36.5 Å². The van der Waals surface area contributed by atoms with Gasteiger partial charge in [0.1, 0.15) is 17.4 Å². The molecular formula is C15H20O3. The zero-order valence-corrected chi connectivity index (χ0v) is 11.4. The summed E-state index contributed by atoms with van der Waals surface area (Å²) < 4.78 is 5.46. The lowest BCUT2D eigenvalue weighted by Gasteiger charge is -2.30. The van der Waals surface area contributed by atoms with Gasteiger partial charge in [0.05, 0.1) is 0 Å². The first-order chi connectivity index (χ1) is 8.45. The molecule has 2 atom stereocenters. The molecule has 0 radical (unpaired) electrons. The molecular weight excluding hydrogens is 228 g/mol. The number of phenolic OH excluding ortho intramolecular Hbond substituents is 1. The molecule has 0 saturated carbocycles. The molecule has 0 unspecified atom stereocenters. The van der Waals surface area contributed by atoms with Crippen LogP contribution in [0, 0.1) is 19.8 Å². The van der Waals surface area contributed by atoms with Gasteiger partial charge in [-0.1, -0.05) is 26.3 Å². The van der Waals surface area contributed by atoms with E-state index in [-0.39, 0.29) is 17.8 Å². The first-order valence-corrected chi connectivity index (χ1v) is 6.48. The Bertz CT molecular complexity index is 491. The fraction of sp³-hybridized carbons (Fsp3) is 0.533. The number of phenols is 1. The van der Waals surface area contributed by atoms with Crippen LogP contribution in [0.5, 0.6) is 5.75 Å². The van der Waals surface area contributed by atoms with E-state index in [4.69, 9.17) is 4.74 Å². The molecule has 1 N–H and O–H groups in total. The number of carbonyl (C=O) groups is 1. The van der Waals surface area contributed by atoms with Crippen LogP contribution in [-0.4, -0.2) is 17.2 Å². The average Bonchev–Trinajstić information content (AvgIpc) is 2.34. The van der Waals surface area contributed by atoms with Crippen LogP contribution in [-0.2, 0) is 11.2 Å². The van der Waals surface area contributed by atoms with Crippen molar-refractivity contribution in [3.8, 4) is 5.75 Å². The summed E-state index contributed by atoms with van der Waals surface area (Å²) >= 11 is 0.